The van der Waals surface area contributed by atoms with Crippen LogP contribution >= 0.6 is 0 Å². The molecule has 4 rings (SSSR count). The molecule has 0 aliphatic heterocycles. The number of nitrogens with one attached hydrogen (secondary N) is 1. The lowest BCUT2D eigenvalue weighted by atomic mass is 10.1. The molecular formula is C23H21FN4O3. The van der Waals surface area contributed by atoms with E-state index in [1.54, 1.807) is 37.1 Å². The normalized spacial score (nSPS) is 10.9. The Bertz CT molecular complexity index is 1290. The van der Waals surface area contributed by atoms with Gasteiger partial charge < -0.3 is 14.6 Å². The van der Waals surface area contributed by atoms with Gasteiger partial charge in [-0.3, -0.25) is 14.2 Å². The highest BCUT2D eigenvalue weighted by Gasteiger charge is 2.16. The van der Waals surface area contributed by atoms with Gasteiger partial charge in [0, 0.05) is 25.4 Å². The number of fused-ring (bicyclic) bond motifs is 1. The highest BCUT2D eigenvalue weighted by atomic mass is 19.1. The number of carbonyl (C=O) groups excluding carboxylic acids is 1. The van der Waals surface area contributed by atoms with Crippen LogP contribution in [0.4, 0.5) is 4.39 Å². The first-order chi connectivity index (χ1) is 15.0. The van der Waals surface area contributed by atoms with Crippen molar-refractivity contribution >= 4 is 16.9 Å². The zero-order valence-corrected chi connectivity index (χ0v) is 17.1. The molecule has 2 aromatic heterocycles. The molecule has 1 amide bonds. The Kier molecular flexibility index (Phi) is 5.53. The van der Waals surface area contributed by atoms with Gasteiger partial charge in [0.05, 0.1) is 13.4 Å². The molecule has 0 bridgehead atoms. The average molecular weight is 420 g/mol. The minimum Gasteiger partial charge on any atom is -0.497 e. The molecule has 2 aromatic carbocycles. The smallest absolute Gasteiger partial charge is 0.278 e. The SMILES string of the molecule is COc1ccc(CNC(=O)Cn2cnc3c(-c4ccc(F)cc4)cn(C)c3c2=O)cc1. The summed E-state index contributed by atoms with van der Waals surface area (Å²) in [6.45, 7) is 0.196. The number of methoxy groups -OCH3 is 1. The van der Waals surface area contributed by atoms with E-state index in [-0.39, 0.29) is 23.8 Å². The second-order valence-corrected chi connectivity index (χ2v) is 7.16. The monoisotopic (exact) mass is 420 g/mol. The van der Waals surface area contributed by atoms with E-state index in [0.717, 1.165) is 22.4 Å². The minimum atomic E-state index is -0.333. The highest BCUT2D eigenvalue weighted by Crippen LogP contribution is 2.27. The number of aromatic nitrogens is 3. The molecule has 1 N–H and O–H groups in total. The van der Waals surface area contributed by atoms with Gasteiger partial charge in [-0.25, -0.2) is 9.37 Å². The van der Waals surface area contributed by atoms with Gasteiger partial charge in [-0.2, -0.15) is 0 Å². The lowest BCUT2D eigenvalue weighted by Crippen LogP contribution is -2.32. The van der Waals surface area contributed by atoms with Gasteiger partial charge in [-0.1, -0.05) is 24.3 Å². The summed E-state index contributed by atoms with van der Waals surface area (Å²) >= 11 is 0. The van der Waals surface area contributed by atoms with Crippen LogP contribution in [0.2, 0.25) is 0 Å². The Morgan fingerprint density at radius 2 is 1.84 bits per heavy atom. The Balaban J connectivity index is 1.53. The highest BCUT2D eigenvalue weighted by molar-refractivity contribution is 5.92. The number of nitrogens with zero attached hydrogens (tertiary/aromatic N) is 3. The summed E-state index contributed by atoms with van der Waals surface area (Å²) in [5.41, 5.74) is 2.97. The largest absolute Gasteiger partial charge is 0.497 e. The number of halogens is 1. The predicted octanol–water partition coefficient (Wildman–Crippen LogP) is 2.87. The quantitative estimate of drug-likeness (QED) is 0.520. The van der Waals surface area contributed by atoms with Gasteiger partial charge in [0.2, 0.25) is 5.91 Å². The maximum atomic E-state index is 13.2. The summed E-state index contributed by atoms with van der Waals surface area (Å²) in [6, 6.07) is 13.4. The second-order valence-electron chi connectivity index (χ2n) is 7.16. The van der Waals surface area contributed by atoms with Crippen LogP contribution in [-0.2, 0) is 24.9 Å². The average Bonchev–Trinajstić information content (AvgIpc) is 3.12. The molecule has 2 heterocycles. The van der Waals surface area contributed by atoms with Crippen LogP contribution in [0.3, 0.4) is 0 Å². The van der Waals surface area contributed by atoms with E-state index in [0.29, 0.717) is 17.6 Å². The van der Waals surface area contributed by atoms with Gasteiger partial charge in [0.1, 0.15) is 29.1 Å². The Hall–Kier alpha value is -3.94. The summed E-state index contributed by atoms with van der Waals surface area (Å²) in [6.07, 6.45) is 3.14. The number of hydrogen-bond acceptors (Lipinski definition) is 4. The van der Waals surface area contributed by atoms with Crippen molar-refractivity contribution in [2.24, 2.45) is 7.05 Å². The van der Waals surface area contributed by atoms with Crippen LogP contribution < -0.4 is 15.6 Å². The van der Waals surface area contributed by atoms with Crippen LogP contribution in [0.25, 0.3) is 22.2 Å². The molecule has 0 atom stereocenters. The molecule has 0 fully saturated rings. The summed E-state index contributed by atoms with van der Waals surface area (Å²) in [4.78, 5) is 29.8. The van der Waals surface area contributed by atoms with Gasteiger partial charge in [0.15, 0.2) is 0 Å². The molecule has 158 valence electrons. The molecule has 0 spiro atoms. The standard InChI is InChI=1S/C23H21FN4O3/c1-27-12-19(16-5-7-17(24)8-6-16)21-22(27)23(30)28(14-26-21)13-20(29)25-11-15-3-9-18(31-2)10-4-15/h3-10,12,14H,11,13H2,1-2H3,(H,25,29). The molecule has 0 radical (unpaired) electrons. The lowest BCUT2D eigenvalue weighted by Gasteiger charge is -2.08. The lowest BCUT2D eigenvalue weighted by molar-refractivity contribution is -0.121. The molecule has 0 saturated heterocycles. The molecule has 0 unspecified atom stereocenters. The van der Waals surface area contributed by atoms with E-state index < -0.39 is 0 Å². The number of aryl methyl sites for hydroxylation is 1. The zero-order chi connectivity index (χ0) is 22.0. The van der Waals surface area contributed by atoms with Crippen LogP contribution in [0, 0.1) is 5.82 Å². The van der Waals surface area contributed by atoms with Crippen molar-refractivity contribution in [3.63, 3.8) is 0 Å². The summed E-state index contributed by atoms with van der Waals surface area (Å²) in [5, 5.41) is 2.80. The number of benzene rings is 2. The van der Waals surface area contributed by atoms with Crippen molar-refractivity contribution in [2.75, 3.05) is 7.11 Å². The minimum absolute atomic E-state index is 0.144. The van der Waals surface area contributed by atoms with Crippen LogP contribution in [0.5, 0.6) is 5.75 Å². The first-order valence-electron chi connectivity index (χ1n) is 9.66. The summed E-state index contributed by atoms with van der Waals surface area (Å²) in [5.74, 6) is 0.107. The van der Waals surface area contributed by atoms with Crippen LogP contribution in [-0.4, -0.2) is 27.1 Å². The molecule has 4 aromatic rings. The molecule has 8 heteroatoms. The number of ether oxygens (including phenoxy) is 1. The Labute approximate surface area is 177 Å². The van der Waals surface area contributed by atoms with Gasteiger partial charge in [0.25, 0.3) is 5.56 Å². The third-order valence-corrected chi connectivity index (χ3v) is 5.06. The number of amides is 1. The summed E-state index contributed by atoms with van der Waals surface area (Å²) < 4.78 is 21.3. The van der Waals surface area contributed by atoms with E-state index in [2.05, 4.69) is 10.3 Å². The maximum Gasteiger partial charge on any atom is 0.278 e. The van der Waals surface area contributed by atoms with E-state index in [4.69, 9.17) is 4.74 Å². The van der Waals surface area contributed by atoms with Crippen molar-refractivity contribution in [3.8, 4) is 16.9 Å². The number of rotatable bonds is 6. The Morgan fingerprint density at radius 1 is 1.13 bits per heavy atom. The fraction of sp³-hybridized carbons (Fsp3) is 0.174. The van der Waals surface area contributed by atoms with Gasteiger partial charge in [-0.05, 0) is 35.4 Å². The number of hydrogen-bond donors (Lipinski definition) is 1. The molecule has 7 nitrogen and oxygen atoms in total. The van der Waals surface area contributed by atoms with E-state index in [1.807, 2.05) is 24.3 Å². The van der Waals surface area contributed by atoms with Crippen molar-refractivity contribution in [1.82, 2.24) is 19.4 Å². The van der Waals surface area contributed by atoms with Crippen molar-refractivity contribution in [3.05, 3.63) is 82.8 Å². The fourth-order valence-corrected chi connectivity index (χ4v) is 3.42. The van der Waals surface area contributed by atoms with Crippen LogP contribution in [0.15, 0.2) is 65.8 Å². The van der Waals surface area contributed by atoms with Crippen molar-refractivity contribution in [2.45, 2.75) is 13.1 Å². The molecule has 0 saturated carbocycles. The first kappa shape index (κ1) is 20.3. The second kappa shape index (κ2) is 8.43. The predicted molar refractivity (Wildman–Crippen MR) is 115 cm³/mol. The van der Waals surface area contributed by atoms with E-state index in [1.165, 1.54) is 23.0 Å². The molecule has 31 heavy (non-hydrogen) atoms. The molecule has 0 aliphatic carbocycles. The molecule has 0 aliphatic rings. The van der Waals surface area contributed by atoms with Crippen LogP contribution in [0.1, 0.15) is 5.56 Å². The zero-order valence-electron chi connectivity index (χ0n) is 17.1. The third kappa shape index (κ3) is 4.18. The fourth-order valence-electron chi connectivity index (χ4n) is 3.42. The summed E-state index contributed by atoms with van der Waals surface area (Å²) in [7, 11) is 3.33. The van der Waals surface area contributed by atoms with Crippen molar-refractivity contribution < 1.29 is 13.9 Å². The van der Waals surface area contributed by atoms with Gasteiger partial charge >= 0.3 is 0 Å². The molecular weight excluding hydrogens is 399 g/mol. The van der Waals surface area contributed by atoms with E-state index in [9.17, 15) is 14.0 Å². The topological polar surface area (TPSA) is 78.2 Å². The van der Waals surface area contributed by atoms with E-state index >= 15 is 0 Å². The third-order valence-electron chi connectivity index (χ3n) is 5.06. The Morgan fingerprint density at radius 3 is 2.52 bits per heavy atom. The first-order valence-corrected chi connectivity index (χ1v) is 9.66. The van der Waals surface area contributed by atoms with Gasteiger partial charge in [-0.15, -0.1) is 0 Å². The number of carbonyl (C=O) groups is 1. The van der Waals surface area contributed by atoms with Crippen molar-refractivity contribution in [1.29, 1.82) is 0 Å². The maximum absolute atomic E-state index is 13.2.